The molecule has 1 fully saturated rings. The molecule has 5 rings (SSSR count). The number of urea groups is 1. The zero-order valence-electron chi connectivity index (χ0n) is 22.8. The molecule has 4 aromatic rings. The minimum Gasteiger partial charge on any atom is -0.406 e. The lowest BCUT2D eigenvalue weighted by atomic mass is 10.1. The first-order chi connectivity index (χ1) is 20.5. The molecule has 43 heavy (non-hydrogen) atoms. The number of aryl methyl sites for hydroxylation is 2. The van der Waals surface area contributed by atoms with Crippen molar-refractivity contribution < 1.29 is 31.5 Å². The zero-order chi connectivity index (χ0) is 30.7. The number of carbonyl (C=O) groups excluding carboxylic acids is 1. The van der Waals surface area contributed by atoms with Gasteiger partial charge >= 0.3 is 12.4 Å². The van der Waals surface area contributed by atoms with Gasteiger partial charge in [0.15, 0.2) is 17.2 Å². The SMILES string of the molecule is Cc1cccc(C)c1N1CCSC1=NC(=O)NC(F)C(F)c1ccc(-c2ncn(-c3ccc(OC(F)(F)F)cc3)n2)cc1. The monoisotopic (exact) mass is 616 g/mol. The first-order valence-corrected chi connectivity index (χ1v) is 14.0. The highest BCUT2D eigenvalue weighted by molar-refractivity contribution is 8.14. The lowest BCUT2D eigenvalue weighted by Crippen LogP contribution is -2.34. The van der Waals surface area contributed by atoms with Crippen LogP contribution in [0.3, 0.4) is 0 Å². The molecule has 2 unspecified atom stereocenters. The van der Waals surface area contributed by atoms with Crippen LogP contribution in [0.1, 0.15) is 22.9 Å². The van der Waals surface area contributed by atoms with E-state index >= 15 is 0 Å². The van der Waals surface area contributed by atoms with Crippen molar-refractivity contribution in [1.29, 1.82) is 0 Å². The molecule has 0 bridgehead atoms. The van der Waals surface area contributed by atoms with E-state index in [1.54, 1.807) is 0 Å². The van der Waals surface area contributed by atoms with Gasteiger partial charge in [-0.05, 0) is 54.8 Å². The van der Waals surface area contributed by atoms with E-state index in [1.165, 1.54) is 59.2 Å². The predicted molar refractivity (Wildman–Crippen MR) is 154 cm³/mol. The van der Waals surface area contributed by atoms with E-state index in [-0.39, 0.29) is 17.1 Å². The minimum atomic E-state index is -4.80. The Hall–Kier alpha value is -4.46. The Morgan fingerprint density at radius 2 is 1.70 bits per heavy atom. The van der Waals surface area contributed by atoms with Crippen molar-refractivity contribution in [2.24, 2.45) is 4.99 Å². The number of hydrogen-bond donors (Lipinski definition) is 1. The smallest absolute Gasteiger partial charge is 0.406 e. The van der Waals surface area contributed by atoms with Crippen LogP contribution in [0.4, 0.5) is 32.4 Å². The third kappa shape index (κ3) is 7.13. The van der Waals surface area contributed by atoms with E-state index in [4.69, 9.17) is 0 Å². The summed E-state index contributed by atoms with van der Waals surface area (Å²) in [5.74, 6) is 0.577. The summed E-state index contributed by atoms with van der Waals surface area (Å²) < 4.78 is 72.1. The van der Waals surface area contributed by atoms with Crippen LogP contribution in [0.15, 0.2) is 78.0 Å². The number of aliphatic imine (C=N–C) groups is 1. The van der Waals surface area contributed by atoms with Gasteiger partial charge in [0, 0.05) is 23.5 Å². The third-order valence-corrected chi connectivity index (χ3v) is 7.47. The molecular weight excluding hydrogens is 591 g/mol. The van der Waals surface area contributed by atoms with Crippen LogP contribution in [0.2, 0.25) is 0 Å². The van der Waals surface area contributed by atoms with Crippen LogP contribution in [0.25, 0.3) is 17.1 Å². The number of anilines is 1. The average molecular weight is 617 g/mol. The number of nitrogens with zero attached hydrogens (tertiary/aromatic N) is 5. The lowest BCUT2D eigenvalue weighted by molar-refractivity contribution is -0.274. The topological polar surface area (TPSA) is 84.6 Å². The minimum absolute atomic E-state index is 0.0173. The summed E-state index contributed by atoms with van der Waals surface area (Å²) in [6.45, 7) is 4.55. The summed E-state index contributed by atoms with van der Waals surface area (Å²) in [5, 5.41) is 6.69. The highest BCUT2D eigenvalue weighted by atomic mass is 32.2. The molecule has 1 aliphatic heterocycles. The van der Waals surface area contributed by atoms with Crippen molar-refractivity contribution in [2.75, 3.05) is 17.2 Å². The maximum absolute atomic E-state index is 15.0. The van der Waals surface area contributed by atoms with Gasteiger partial charge in [0.2, 0.25) is 6.30 Å². The Labute approximate surface area is 247 Å². The van der Waals surface area contributed by atoms with Gasteiger partial charge in [0.25, 0.3) is 0 Å². The molecule has 1 aromatic heterocycles. The molecule has 0 aliphatic carbocycles. The molecule has 0 spiro atoms. The molecule has 3 aromatic carbocycles. The number of ether oxygens (including phenoxy) is 1. The van der Waals surface area contributed by atoms with Gasteiger partial charge in [0.05, 0.1) is 5.69 Å². The number of nitrogens with one attached hydrogen (secondary N) is 1. The van der Waals surface area contributed by atoms with Crippen molar-refractivity contribution in [1.82, 2.24) is 20.1 Å². The van der Waals surface area contributed by atoms with Gasteiger partial charge in [-0.1, -0.05) is 54.2 Å². The second-order valence-electron chi connectivity index (χ2n) is 9.56. The van der Waals surface area contributed by atoms with E-state index in [0.29, 0.717) is 28.7 Å². The number of carbonyl (C=O) groups is 1. The number of benzene rings is 3. The predicted octanol–water partition coefficient (Wildman–Crippen LogP) is 7.07. The Morgan fingerprint density at radius 3 is 2.35 bits per heavy atom. The Balaban J connectivity index is 1.21. The van der Waals surface area contributed by atoms with Gasteiger partial charge in [-0.2, -0.15) is 4.99 Å². The number of aromatic nitrogens is 3. The third-order valence-electron chi connectivity index (χ3n) is 6.52. The summed E-state index contributed by atoms with van der Waals surface area (Å²) in [4.78, 5) is 22.6. The Bertz CT molecular complexity index is 1610. The van der Waals surface area contributed by atoms with Crippen LogP contribution >= 0.6 is 11.8 Å². The summed E-state index contributed by atoms with van der Waals surface area (Å²) in [7, 11) is 0. The van der Waals surface area contributed by atoms with E-state index in [1.807, 2.05) is 42.3 Å². The van der Waals surface area contributed by atoms with Crippen LogP contribution in [0.5, 0.6) is 5.75 Å². The fourth-order valence-corrected chi connectivity index (χ4v) is 5.49. The Kier molecular flexibility index (Phi) is 8.67. The molecule has 2 amide bonds. The van der Waals surface area contributed by atoms with Crippen LogP contribution in [-0.4, -0.2) is 50.9 Å². The summed E-state index contributed by atoms with van der Waals surface area (Å²) in [5.41, 5.74) is 3.87. The van der Waals surface area contributed by atoms with Crippen molar-refractivity contribution >= 4 is 28.6 Å². The van der Waals surface area contributed by atoms with Crippen LogP contribution in [-0.2, 0) is 0 Å². The van der Waals surface area contributed by atoms with Crippen molar-refractivity contribution in [3.05, 3.63) is 89.7 Å². The molecule has 1 saturated heterocycles. The van der Waals surface area contributed by atoms with Crippen molar-refractivity contribution in [3.8, 4) is 22.8 Å². The average Bonchev–Trinajstić information content (AvgIpc) is 3.63. The molecule has 224 valence electrons. The molecule has 8 nitrogen and oxygen atoms in total. The molecular formula is C29H25F5N6O2S. The number of amidine groups is 1. The molecule has 14 heteroatoms. The van der Waals surface area contributed by atoms with E-state index in [0.717, 1.165) is 28.9 Å². The second-order valence-corrected chi connectivity index (χ2v) is 10.6. The van der Waals surface area contributed by atoms with Gasteiger partial charge in [0.1, 0.15) is 12.1 Å². The number of amides is 2. The fourth-order valence-electron chi connectivity index (χ4n) is 4.55. The number of para-hydroxylation sites is 1. The summed E-state index contributed by atoms with van der Waals surface area (Å²) in [6.07, 6.45) is -7.94. The maximum Gasteiger partial charge on any atom is 0.573 e. The summed E-state index contributed by atoms with van der Waals surface area (Å²) >= 11 is 1.36. The van der Waals surface area contributed by atoms with E-state index in [9.17, 15) is 26.7 Å². The quantitative estimate of drug-likeness (QED) is 0.177. The van der Waals surface area contributed by atoms with Crippen LogP contribution in [0, 0.1) is 13.8 Å². The van der Waals surface area contributed by atoms with Gasteiger partial charge in [-0.3, -0.25) is 0 Å². The normalized spacial score (nSPS) is 15.9. The maximum atomic E-state index is 15.0. The number of thioether (sulfide) groups is 1. The number of alkyl halides is 5. The van der Waals surface area contributed by atoms with E-state index in [2.05, 4.69) is 19.8 Å². The molecule has 2 heterocycles. The largest absolute Gasteiger partial charge is 0.573 e. The zero-order valence-corrected chi connectivity index (χ0v) is 23.7. The first-order valence-electron chi connectivity index (χ1n) is 13.0. The second kappa shape index (κ2) is 12.4. The standard InChI is InChI=1S/C29H25F5N6O2S/c1-17-4-3-5-18(2)24(17)39-14-15-43-28(39)37-27(41)36-25(31)23(30)19-6-8-20(9-7-19)26-35-16-40(38-26)21-10-12-22(13-11-21)42-29(32,33)34/h3-13,16,23,25H,14-15H2,1-2H3,(H,36,41). The molecule has 2 atom stereocenters. The molecule has 0 saturated carbocycles. The molecule has 0 radical (unpaired) electrons. The number of rotatable bonds is 7. The van der Waals surface area contributed by atoms with Gasteiger partial charge < -0.3 is 15.0 Å². The van der Waals surface area contributed by atoms with Crippen molar-refractivity contribution in [3.63, 3.8) is 0 Å². The van der Waals surface area contributed by atoms with E-state index < -0.39 is 24.9 Å². The molecule has 1 N–H and O–H groups in total. The van der Waals surface area contributed by atoms with Crippen LogP contribution < -0.4 is 15.0 Å². The first kappa shape index (κ1) is 30.0. The number of halogens is 5. The summed E-state index contributed by atoms with van der Waals surface area (Å²) in [6, 6.07) is 15.6. The highest BCUT2D eigenvalue weighted by Crippen LogP contribution is 2.32. The van der Waals surface area contributed by atoms with Gasteiger partial charge in [-0.15, -0.1) is 18.3 Å². The fraction of sp³-hybridized carbons (Fsp3) is 0.241. The number of hydrogen-bond acceptors (Lipinski definition) is 5. The highest BCUT2D eigenvalue weighted by Gasteiger charge is 2.31. The molecule has 1 aliphatic rings. The lowest BCUT2D eigenvalue weighted by Gasteiger charge is -2.22. The van der Waals surface area contributed by atoms with Gasteiger partial charge in [-0.25, -0.2) is 23.2 Å². The van der Waals surface area contributed by atoms with Crippen molar-refractivity contribution in [2.45, 2.75) is 32.7 Å². The Morgan fingerprint density at radius 1 is 1.02 bits per heavy atom.